The van der Waals surface area contributed by atoms with E-state index in [1.54, 1.807) is 21.3 Å². The van der Waals surface area contributed by atoms with Crippen molar-refractivity contribution in [3.63, 3.8) is 0 Å². The Bertz CT molecular complexity index is 758. The fourth-order valence-corrected chi connectivity index (χ4v) is 3.00. The van der Waals surface area contributed by atoms with Crippen LogP contribution in [0.4, 0.5) is 0 Å². The summed E-state index contributed by atoms with van der Waals surface area (Å²) in [6, 6.07) is 11.9. The van der Waals surface area contributed by atoms with Gasteiger partial charge in [0.2, 0.25) is 5.91 Å². The van der Waals surface area contributed by atoms with Gasteiger partial charge < -0.3 is 19.5 Å². The van der Waals surface area contributed by atoms with Crippen LogP contribution in [0.25, 0.3) is 0 Å². The average Bonchev–Trinajstić information content (AvgIpc) is 2.69. The first-order chi connectivity index (χ1) is 13.1. The zero-order valence-electron chi connectivity index (χ0n) is 16.6. The minimum Gasteiger partial charge on any atom is -0.496 e. The van der Waals surface area contributed by atoms with Gasteiger partial charge in [-0.05, 0) is 61.1 Å². The summed E-state index contributed by atoms with van der Waals surface area (Å²) >= 11 is 0. The highest BCUT2D eigenvalue weighted by atomic mass is 16.5. The average molecular weight is 371 g/mol. The van der Waals surface area contributed by atoms with Crippen molar-refractivity contribution >= 4 is 5.91 Å². The number of carbonyl (C=O) groups excluding carboxylic acids is 1. The van der Waals surface area contributed by atoms with Gasteiger partial charge in [0.05, 0.1) is 21.3 Å². The van der Waals surface area contributed by atoms with Gasteiger partial charge in [0.1, 0.15) is 5.75 Å². The summed E-state index contributed by atoms with van der Waals surface area (Å²) in [4.78, 5) is 12.0. The fraction of sp³-hybridized carbons (Fsp3) is 0.409. The lowest BCUT2D eigenvalue weighted by Crippen LogP contribution is -2.25. The smallest absolute Gasteiger partial charge is 0.220 e. The molecule has 5 nitrogen and oxygen atoms in total. The summed E-state index contributed by atoms with van der Waals surface area (Å²) in [6.45, 7) is 2.67. The van der Waals surface area contributed by atoms with Crippen molar-refractivity contribution in [2.24, 2.45) is 0 Å². The van der Waals surface area contributed by atoms with E-state index in [0.29, 0.717) is 13.0 Å². The molecule has 2 rings (SSSR count). The zero-order valence-corrected chi connectivity index (χ0v) is 16.6. The van der Waals surface area contributed by atoms with Gasteiger partial charge in [0.25, 0.3) is 0 Å². The second-order valence-electron chi connectivity index (χ2n) is 6.45. The van der Waals surface area contributed by atoms with Crippen molar-refractivity contribution in [3.05, 3.63) is 53.1 Å². The normalized spacial score (nSPS) is 10.4. The first-order valence-electron chi connectivity index (χ1n) is 9.18. The lowest BCUT2D eigenvalue weighted by molar-refractivity contribution is -0.121. The predicted molar refractivity (Wildman–Crippen MR) is 107 cm³/mol. The van der Waals surface area contributed by atoms with Crippen molar-refractivity contribution in [1.29, 1.82) is 0 Å². The van der Waals surface area contributed by atoms with Crippen LogP contribution in [0.1, 0.15) is 29.5 Å². The Hall–Kier alpha value is -2.69. The molecule has 0 spiro atoms. The number of carbonyl (C=O) groups is 1. The van der Waals surface area contributed by atoms with Gasteiger partial charge in [-0.3, -0.25) is 4.79 Å². The number of benzene rings is 2. The number of nitrogens with one attached hydrogen (secondary N) is 1. The first-order valence-corrected chi connectivity index (χ1v) is 9.18. The second-order valence-corrected chi connectivity index (χ2v) is 6.45. The highest BCUT2D eigenvalue weighted by Gasteiger charge is 2.06. The summed E-state index contributed by atoms with van der Waals surface area (Å²) in [5, 5.41) is 2.99. The Labute approximate surface area is 161 Å². The first kappa shape index (κ1) is 20.6. The fourth-order valence-electron chi connectivity index (χ4n) is 3.00. The molecule has 0 saturated carbocycles. The van der Waals surface area contributed by atoms with E-state index in [2.05, 4.69) is 11.4 Å². The van der Waals surface area contributed by atoms with Crippen LogP contribution in [-0.2, 0) is 17.6 Å². The third-order valence-electron chi connectivity index (χ3n) is 4.51. The van der Waals surface area contributed by atoms with Crippen LogP contribution in [-0.4, -0.2) is 33.8 Å². The van der Waals surface area contributed by atoms with Crippen LogP contribution >= 0.6 is 0 Å². The van der Waals surface area contributed by atoms with Gasteiger partial charge in [0.15, 0.2) is 11.5 Å². The Morgan fingerprint density at radius 2 is 1.48 bits per heavy atom. The third kappa shape index (κ3) is 6.20. The van der Waals surface area contributed by atoms with Gasteiger partial charge in [-0.1, -0.05) is 18.2 Å². The standard InChI is InChI=1S/C22H29NO4/c1-16-14-18(7-10-19(16)25-2)9-12-22(24)23-13-5-6-17-8-11-20(26-3)21(15-17)27-4/h7-8,10-11,14-15H,5-6,9,12-13H2,1-4H3,(H,23,24). The second kappa shape index (κ2) is 10.5. The molecule has 2 aromatic carbocycles. The molecule has 2 aromatic rings. The molecule has 0 heterocycles. The third-order valence-corrected chi connectivity index (χ3v) is 4.51. The number of hydrogen-bond acceptors (Lipinski definition) is 4. The summed E-state index contributed by atoms with van der Waals surface area (Å²) < 4.78 is 15.8. The van der Waals surface area contributed by atoms with E-state index < -0.39 is 0 Å². The molecule has 0 unspecified atom stereocenters. The van der Waals surface area contributed by atoms with E-state index in [1.165, 1.54) is 0 Å². The van der Waals surface area contributed by atoms with Crippen molar-refractivity contribution < 1.29 is 19.0 Å². The maximum atomic E-state index is 12.0. The minimum absolute atomic E-state index is 0.0794. The molecule has 0 radical (unpaired) electrons. The van der Waals surface area contributed by atoms with Crippen molar-refractivity contribution in [2.45, 2.75) is 32.6 Å². The van der Waals surface area contributed by atoms with E-state index >= 15 is 0 Å². The summed E-state index contributed by atoms with van der Waals surface area (Å²) in [5.74, 6) is 2.41. The number of amides is 1. The van der Waals surface area contributed by atoms with Gasteiger partial charge >= 0.3 is 0 Å². The molecule has 1 N–H and O–H groups in total. The van der Waals surface area contributed by atoms with E-state index in [1.807, 2.05) is 37.3 Å². The summed E-state index contributed by atoms with van der Waals surface area (Å²) in [5.41, 5.74) is 3.40. The predicted octanol–water partition coefficient (Wildman–Crippen LogP) is 3.70. The number of ether oxygens (including phenoxy) is 3. The van der Waals surface area contributed by atoms with Crippen LogP contribution in [0.5, 0.6) is 17.2 Å². The highest BCUT2D eigenvalue weighted by Crippen LogP contribution is 2.27. The van der Waals surface area contributed by atoms with Gasteiger partial charge in [-0.2, -0.15) is 0 Å². The summed E-state index contributed by atoms with van der Waals surface area (Å²) in [6.07, 6.45) is 2.97. The van der Waals surface area contributed by atoms with Crippen molar-refractivity contribution in [1.82, 2.24) is 5.32 Å². The molecule has 1 amide bonds. The molecule has 27 heavy (non-hydrogen) atoms. The van der Waals surface area contributed by atoms with E-state index in [-0.39, 0.29) is 5.91 Å². The number of aryl methyl sites for hydroxylation is 3. The largest absolute Gasteiger partial charge is 0.496 e. The van der Waals surface area contributed by atoms with Crippen LogP contribution < -0.4 is 19.5 Å². The topological polar surface area (TPSA) is 56.8 Å². The van der Waals surface area contributed by atoms with E-state index in [0.717, 1.165) is 53.2 Å². The Balaban J connectivity index is 1.71. The molecule has 0 aliphatic carbocycles. The molecule has 0 bridgehead atoms. The number of rotatable bonds is 10. The molecule has 0 aliphatic rings. The molecular weight excluding hydrogens is 342 g/mol. The van der Waals surface area contributed by atoms with Crippen LogP contribution in [0.2, 0.25) is 0 Å². The Morgan fingerprint density at radius 1 is 0.852 bits per heavy atom. The van der Waals surface area contributed by atoms with Crippen LogP contribution in [0.3, 0.4) is 0 Å². The maximum Gasteiger partial charge on any atom is 0.220 e. The quantitative estimate of drug-likeness (QED) is 0.647. The highest BCUT2D eigenvalue weighted by molar-refractivity contribution is 5.76. The lowest BCUT2D eigenvalue weighted by Gasteiger charge is -2.10. The van der Waals surface area contributed by atoms with E-state index in [9.17, 15) is 4.79 Å². The van der Waals surface area contributed by atoms with Crippen LogP contribution in [0, 0.1) is 6.92 Å². The molecule has 146 valence electrons. The van der Waals surface area contributed by atoms with Gasteiger partial charge in [-0.15, -0.1) is 0 Å². The number of hydrogen-bond donors (Lipinski definition) is 1. The van der Waals surface area contributed by atoms with Gasteiger partial charge in [-0.25, -0.2) is 0 Å². The molecular formula is C22H29NO4. The molecule has 0 saturated heterocycles. The lowest BCUT2D eigenvalue weighted by atomic mass is 10.1. The van der Waals surface area contributed by atoms with Crippen LogP contribution in [0.15, 0.2) is 36.4 Å². The molecule has 0 aromatic heterocycles. The Kier molecular flexibility index (Phi) is 7.99. The monoisotopic (exact) mass is 371 g/mol. The molecule has 0 fully saturated rings. The molecule has 0 atom stereocenters. The number of methoxy groups -OCH3 is 3. The maximum absolute atomic E-state index is 12.0. The molecule has 0 aliphatic heterocycles. The molecule has 5 heteroatoms. The van der Waals surface area contributed by atoms with Gasteiger partial charge in [0, 0.05) is 13.0 Å². The van der Waals surface area contributed by atoms with Crippen molar-refractivity contribution in [3.8, 4) is 17.2 Å². The van der Waals surface area contributed by atoms with E-state index in [4.69, 9.17) is 14.2 Å². The summed E-state index contributed by atoms with van der Waals surface area (Å²) in [7, 11) is 4.92. The zero-order chi connectivity index (χ0) is 19.6. The Morgan fingerprint density at radius 3 is 2.11 bits per heavy atom. The minimum atomic E-state index is 0.0794. The SMILES string of the molecule is COc1ccc(CCC(=O)NCCCc2ccc(OC)c(OC)c2)cc1C. The van der Waals surface area contributed by atoms with Crippen molar-refractivity contribution in [2.75, 3.05) is 27.9 Å².